The maximum Gasteiger partial charge on any atom is 0.231 e. The molecule has 4 heterocycles. The molecule has 10 aromatic rings. The van der Waals surface area contributed by atoms with Crippen LogP contribution in [0.4, 0.5) is 11.4 Å². The highest BCUT2D eigenvalue weighted by atomic mass is 16.4. The summed E-state index contributed by atoms with van der Waals surface area (Å²) >= 11 is 0. The summed E-state index contributed by atoms with van der Waals surface area (Å²) in [6, 6.07) is 40.4. The van der Waals surface area contributed by atoms with Gasteiger partial charge in [0.05, 0.1) is 11.1 Å². The number of phenolic OH excluding ortho intramolecular Hbond substituents is 2. The Kier molecular flexibility index (Phi) is 13.4. The van der Waals surface area contributed by atoms with E-state index in [9.17, 15) is 10.2 Å². The van der Waals surface area contributed by atoms with Gasteiger partial charge in [-0.3, -0.25) is 0 Å². The number of furan rings is 2. The number of anilines is 2. The van der Waals surface area contributed by atoms with Gasteiger partial charge in [0.1, 0.15) is 33.9 Å². The van der Waals surface area contributed by atoms with Gasteiger partial charge in [0.2, 0.25) is 11.8 Å². The van der Waals surface area contributed by atoms with Crippen molar-refractivity contribution < 1.29 is 27.9 Å². The molecular weight excluding hydrogens is 885 g/mol. The fourth-order valence-electron chi connectivity index (χ4n) is 9.63. The Morgan fingerprint density at radius 1 is 0.465 bits per heavy atom. The topological polar surface area (TPSA) is 125 Å². The molecule has 0 aliphatic rings. The zero-order valence-electron chi connectivity index (χ0n) is 41.8. The van der Waals surface area contributed by atoms with Crippen molar-refractivity contribution in [3.8, 4) is 57.1 Å². The van der Waals surface area contributed by atoms with Gasteiger partial charge in [0, 0.05) is 70.9 Å². The number of aromatic hydroxyl groups is 2. The average molecular weight is 949 g/mol. The molecule has 0 saturated carbocycles. The average Bonchev–Trinajstić information content (AvgIpc) is 4.21. The summed E-state index contributed by atoms with van der Waals surface area (Å²) in [5, 5.41) is 24.5. The molecule has 0 fully saturated rings. The Bertz CT molecular complexity index is 3350. The van der Waals surface area contributed by atoms with Crippen LogP contribution in [-0.4, -0.2) is 46.4 Å². The number of oxazole rings is 2. The van der Waals surface area contributed by atoms with Gasteiger partial charge in [-0.15, -0.1) is 0 Å². The molecule has 10 heteroatoms. The molecule has 0 aliphatic carbocycles. The summed E-state index contributed by atoms with van der Waals surface area (Å²) in [5.74, 6) is 2.06. The van der Waals surface area contributed by atoms with Crippen LogP contribution >= 0.6 is 0 Å². The van der Waals surface area contributed by atoms with Crippen LogP contribution in [0.2, 0.25) is 0 Å². The van der Waals surface area contributed by atoms with Crippen molar-refractivity contribution in [2.24, 2.45) is 0 Å². The summed E-state index contributed by atoms with van der Waals surface area (Å²) in [4.78, 5) is 14.7. The number of aromatic nitrogens is 2. The zero-order chi connectivity index (χ0) is 49.2. The lowest BCUT2D eigenvalue weighted by molar-refractivity contribution is 0.465. The van der Waals surface area contributed by atoms with Crippen molar-refractivity contribution in [3.05, 3.63) is 132 Å². The third kappa shape index (κ3) is 9.47. The number of nitrogens with zero attached hydrogens (tertiary/aromatic N) is 4. The van der Waals surface area contributed by atoms with Crippen molar-refractivity contribution in [1.82, 2.24) is 9.97 Å². The van der Waals surface area contributed by atoms with Crippen LogP contribution in [0.3, 0.4) is 0 Å². The van der Waals surface area contributed by atoms with Crippen LogP contribution in [0.15, 0.2) is 139 Å². The molecule has 2 N–H and O–H groups in total. The molecule has 0 bridgehead atoms. The van der Waals surface area contributed by atoms with E-state index in [-0.39, 0.29) is 11.5 Å². The van der Waals surface area contributed by atoms with Crippen LogP contribution < -0.4 is 9.80 Å². The lowest BCUT2D eigenvalue weighted by atomic mass is 9.78. The quantitative estimate of drug-likeness (QED) is 0.0763. The van der Waals surface area contributed by atoms with E-state index in [1.54, 1.807) is 6.07 Å². The van der Waals surface area contributed by atoms with Crippen LogP contribution in [0.5, 0.6) is 11.5 Å². The van der Waals surface area contributed by atoms with Gasteiger partial charge >= 0.3 is 0 Å². The second-order valence-corrected chi connectivity index (χ2v) is 19.5. The van der Waals surface area contributed by atoms with Gasteiger partial charge in [0.25, 0.3) is 0 Å². The Hall–Kier alpha value is -7.46. The van der Waals surface area contributed by atoms with Crippen LogP contribution in [0.25, 0.3) is 89.7 Å². The lowest BCUT2D eigenvalue weighted by Gasteiger charge is -2.26. The fraction of sp³-hybridized carbons (Fsp3) is 0.311. The summed E-state index contributed by atoms with van der Waals surface area (Å²) in [6.07, 6.45) is 9.31. The van der Waals surface area contributed by atoms with Crippen molar-refractivity contribution >= 4 is 55.5 Å². The van der Waals surface area contributed by atoms with Gasteiger partial charge < -0.3 is 37.7 Å². The Labute approximate surface area is 415 Å². The first-order valence-electron chi connectivity index (χ1n) is 25.6. The maximum atomic E-state index is 11.6. The van der Waals surface area contributed by atoms with Crippen molar-refractivity contribution in [2.75, 3.05) is 36.0 Å². The molecule has 71 heavy (non-hydrogen) atoms. The summed E-state index contributed by atoms with van der Waals surface area (Å²) in [7, 11) is 0. The van der Waals surface area contributed by atoms with Crippen LogP contribution in [-0.2, 0) is 5.41 Å². The third-order valence-electron chi connectivity index (χ3n) is 14.1. The molecule has 6 aromatic carbocycles. The molecular formula is C61H64N4O6. The van der Waals surface area contributed by atoms with E-state index in [4.69, 9.17) is 27.6 Å². The Morgan fingerprint density at radius 3 is 1.45 bits per heavy atom. The second kappa shape index (κ2) is 20.1. The normalized spacial score (nSPS) is 12.0. The number of unbranched alkanes of at least 4 members (excludes halogenated alkanes) is 4. The minimum absolute atomic E-state index is 0.0150. The predicted molar refractivity (Wildman–Crippen MR) is 289 cm³/mol. The smallest absolute Gasteiger partial charge is 0.231 e. The number of benzene rings is 6. The summed E-state index contributed by atoms with van der Waals surface area (Å²) < 4.78 is 25.1. The molecule has 10 rings (SSSR count). The number of rotatable bonds is 20. The van der Waals surface area contributed by atoms with Gasteiger partial charge in [-0.2, -0.15) is 0 Å². The van der Waals surface area contributed by atoms with E-state index in [0.717, 1.165) is 90.6 Å². The number of hydrogen-bond acceptors (Lipinski definition) is 10. The van der Waals surface area contributed by atoms with Crippen molar-refractivity contribution in [2.45, 2.75) is 98.3 Å². The number of fused-ring (bicyclic) bond motifs is 4. The minimum atomic E-state index is -0.469. The van der Waals surface area contributed by atoms with Gasteiger partial charge in [-0.25, -0.2) is 9.97 Å². The van der Waals surface area contributed by atoms with Gasteiger partial charge in [0.15, 0.2) is 22.5 Å². The van der Waals surface area contributed by atoms with E-state index in [2.05, 4.69) is 99.9 Å². The second-order valence-electron chi connectivity index (χ2n) is 19.5. The highest BCUT2D eigenvalue weighted by Crippen LogP contribution is 2.43. The molecule has 4 aromatic heterocycles. The fourth-order valence-corrected chi connectivity index (χ4v) is 9.63. The third-order valence-corrected chi connectivity index (χ3v) is 14.1. The van der Waals surface area contributed by atoms with Crippen LogP contribution in [0, 0.1) is 0 Å². The van der Waals surface area contributed by atoms with E-state index in [1.807, 2.05) is 66.7 Å². The molecule has 364 valence electrons. The molecule has 0 spiro atoms. The molecule has 0 atom stereocenters. The van der Waals surface area contributed by atoms with Crippen LogP contribution in [0.1, 0.15) is 104 Å². The standard InChI is InChI=1S/C61H64N4O6/c1-7-11-29-64(30-12-8-2)45-22-15-39(16-23-45)54-35-42-33-48(51(66)38-56(42)68-54)60-63-50-37-44(21-28-53(50)71-60)61(5,6)43-20-27-52-49(36-43)62-59(70-52)47-26-19-41-34-55(69-58(41)57(47)67)40-17-24-46(25-18-40)65(31-13-9-3)32-14-10-4/h15-28,33-38,66-67H,7-14,29-32H2,1-6H3. The summed E-state index contributed by atoms with van der Waals surface area (Å²) in [6.45, 7) is 17.4. The minimum Gasteiger partial charge on any atom is -0.507 e. The monoisotopic (exact) mass is 948 g/mol. The molecule has 0 aliphatic heterocycles. The predicted octanol–water partition coefficient (Wildman–Crippen LogP) is 16.7. The Balaban J connectivity index is 0.869. The van der Waals surface area contributed by atoms with E-state index in [1.165, 1.54) is 37.1 Å². The first kappa shape index (κ1) is 47.2. The van der Waals surface area contributed by atoms with E-state index < -0.39 is 5.41 Å². The van der Waals surface area contributed by atoms with E-state index >= 15 is 0 Å². The van der Waals surface area contributed by atoms with Gasteiger partial charge in [-0.1, -0.05) is 85.4 Å². The molecule has 0 unspecified atom stereocenters. The van der Waals surface area contributed by atoms with E-state index in [0.29, 0.717) is 62.0 Å². The SMILES string of the molecule is CCCCN(CCCC)c1ccc(-c2cc3cc(-c4nc5cc(C(C)(C)c6ccc7oc(-c8ccc9cc(-c%10ccc(N(CCCC)CCCC)cc%10)oc9c8O)nc7c6)ccc5o4)c(O)cc3o2)cc1. The molecule has 0 amide bonds. The first-order chi connectivity index (χ1) is 34.5. The number of phenols is 2. The highest BCUT2D eigenvalue weighted by Gasteiger charge is 2.27. The van der Waals surface area contributed by atoms with Gasteiger partial charge in [-0.05, 0) is 134 Å². The lowest BCUT2D eigenvalue weighted by Crippen LogP contribution is -2.25. The number of hydrogen-bond donors (Lipinski definition) is 2. The maximum absolute atomic E-state index is 11.6. The highest BCUT2D eigenvalue weighted by molar-refractivity contribution is 5.94. The largest absolute Gasteiger partial charge is 0.507 e. The molecule has 10 nitrogen and oxygen atoms in total. The zero-order valence-corrected chi connectivity index (χ0v) is 41.8. The Morgan fingerprint density at radius 2 is 0.944 bits per heavy atom. The molecule has 0 saturated heterocycles. The first-order valence-corrected chi connectivity index (χ1v) is 25.6. The van der Waals surface area contributed by atoms with Crippen molar-refractivity contribution in [1.29, 1.82) is 0 Å². The summed E-state index contributed by atoms with van der Waals surface area (Å²) in [5.41, 5.74) is 10.4. The molecule has 0 radical (unpaired) electrons. The van der Waals surface area contributed by atoms with Crippen molar-refractivity contribution in [3.63, 3.8) is 0 Å².